The van der Waals surface area contributed by atoms with E-state index in [1.54, 1.807) is 36.4 Å². The van der Waals surface area contributed by atoms with Gasteiger partial charge in [0.1, 0.15) is 11.6 Å². The number of amides is 1. The summed E-state index contributed by atoms with van der Waals surface area (Å²) in [4.78, 5) is 12.3. The molecule has 0 unspecified atom stereocenters. The molecule has 8 heteroatoms. The summed E-state index contributed by atoms with van der Waals surface area (Å²) >= 11 is 2.78. The summed E-state index contributed by atoms with van der Waals surface area (Å²) in [5.41, 5.74) is 1.48. The fourth-order valence-corrected chi connectivity index (χ4v) is 3.81. The fraction of sp³-hybridized carbons (Fsp3) is 0.167. The van der Waals surface area contributed by atoms with Gasteiger partial charge in [-0.2, -0.15) is 0 Å². The summed E-state index contributed by atoms with van der Waals surface area (Å²) < 4.78 is 19.0. The number of halogens is 1. The number of benzene rings is 2. The van der Waals surface area contributed by atoms with Crippen LogP contribution in [0.3, 0.4) is 0 Å². The van der Waals surface area contributed by atoms with Crippen molar-refractivity contribution in [1.29, 1.82) is 0 Å². The fourth-order valence-electron chi connectivity index (χ4n) is 2.11. The Bertz CT molecular complexity index is 884. The van der Waals surface area contributed by atoms with E-state index in [2.05, 4.69) is 15.5 Å². The van der Waals surface area contributed by atoms with Crippen molar-refractivity contribution in [3.8, 4) is 5.75 Å². The highest BCUT2D eigenvalue weighted by atomic mass is 32.2. The number of nitrogens with zero attached hydrogens (tertiary/aromatic N) is 2. The molecule has 26 heavy (non-hydrogen) atoms. The van der Waals surface area contributed by atoms with Gasteiger partial charge < -0.3 is 4.74 Å². The Morgan fingerprint density at radius 3 is 2.81 bits per heavy atom. The molecule has 5 nitrogen and oxygen atoms in total. The lowest BCUT2D eigenvalue weighted by Gasteiger charge is -2.05. The van der Waals surface area contributed by atoms with E-state index >= 15 is 0 Å². The average molecular weight is 389 g/mol. The second kappa shape index (κ2) is 8.77. The maximum Gasteiger partial charge on any atom is 0.257 e. The first-order valence-electron chi connectivity index (χ1n) is 7.89. The SMILES string of the molecule is CCOc1cccc(C(=O)Nc2nnc(SCc3ccc(F)cc3)s2)c1. The van der Waals surface area contributed by atoms with Gasteiger partial charge in [-0.1, -0.05) is 41.3 Å². The molecule has 0 fully saturated rings. The van der Waals surface area contributed by atoms with Gasteiger partial charge in [0.25, 0.3) is 5.91 Å². The molecule has 0 atom stereocenters. The normalized spacial score (nSPS) is 10.5. The number of ether oxygens (including phenoxy) is 1. The summed E-state index contributed by atoms with van der Waals surface area (Å²) in [6.45, 7) is 2.43. The van der Waals surface area contributed by atoms with Crippen LogP contribution in [-0.4, -0.2) is 22.7 Å². The summed E-state index contributed by atoms with van der Waals surface area (Å²) in [5.74, 6) is 0.776. The lowest BCUT2D eigenvalue weighted by Crippen LogP contribution is -2.11. The zero-order valence-electron chi connectivity index (χ0n) is 13.9. The largest absolute Gasteiger partial charge is 0.494 e. The first-order valence-corrected chi connectivity index (χ1v) is 9.69. The van der Waals surface area contributed by atoms with Gasteiger partial charge in [0.2, 0.25) is 5.13 Å². The third-order valence-electron chi connectivity index (χ3n) is 3.31. The van der Waals surface area contributed by atoms with Crippen LogP contribution in [0.4, 0.5) is 9.52 Å². The summed E-state index contributed by atoms with van der Waals surface area (Å²) in [6, 6.07) is 13.3. The zero-order chi connectivity index (χ0) is 18.4. The van der Waals surface area contributed by atoms with Crippen molar-refractivity contribution in [3.63, 3.8) is 0 Å². The third kappa shape index (κ3) is 5.03. The molecule has 1 heterocycles. The molecule has 1 amide bonds. The Labute approximate surface area is 158 Å². The first kappa shape index (κ1) is 18.3. The van der Waals surface area contributed by atoms with E-state index in [0.29, 0.717) is 28.8 Å². The second-order valence-corrected chi connectivity index (χ2v) is 7.40. The molecule has 0 bridgehead atoms. The number of hydrogen-bond acceptors (Lipinski definition) is 6. The molecular formula is C18H16FN3O2S2. The van der Waals surface area contributed by atoms with Gasteiger partial charge in [-0.3, -0.25) is 10.1 Å². The van der Waals surface area contributed by atoms with E-state index in [0.717, 1.165) is 9.90 Å². The molecule has 0 saturated carbocycles. The van der Waals surface area contributed by atoms with E-state index in [-0.39, 0.29) is 11.7 Å². The Balaban J connectivity index is 1.58. The summed E-state index contributed by atoms with van der Waals surface area (Å²) in [5, 5.41) is 11.2. The second-order valence-electron chi connectivity index (χ2n) is 5.20. The molecule has 3 rings (SSSR count). The number of carbonyl (C=O) groups excluding carboxylic acids is 1. The molecule has 3 aromatic rings. The van der Waals surface area contributed by atoms with Gasteiger partial charge in [0.15, 0.2) is 4.34 Å². The summed E-state index contributed by atoms with van der Waals surface area (Å²) in [6.07, 6.45) is 0. The van der Waals surface area contributed by atoms with Gasteiger partial charge in [-0.15, -0.1) is 10.2 Å². The monoisotopic (exact) mass is 389 g/mol. The van der Waals surface area contributed by atoms with Crippen LogP contribution in [-0.2, 0) is 5.75 Å². The number of carbonyl (C=O) groups is 1. The molecule has 0 saturated heterocycles. The van der Waals surface area contributed by atoms with Crippen LogP contribution in [0, 0.1) is 5.82 Å². The molecule has 1 aromatic heterocycles. The van der Waals surface area contributed by atoms with E-state index in [1.165, 1.54) is 35.2 Å². The van der Waals surface area contributed by atoms with Gasteiger partial charge in [-0.05, 0) is 42.8 Å². The molecule has 1 N–H and O–H groups in total. The van der Waals surface area contributed by atoms with Crippen LogP contribution in [0.2, 0.25) is 0 Å². The number of thioether (sulfide) groups is 1. The number of hydrogen-bond donors (Lipinski definition) is 1. The molecule has 0 spiro atoms. The number of anilines is 1. The van der Waals surface area contributed by atoms with Gasteiger partial charge in [0.05, 0.1) is 6.61 Å². The van der Waals surface area contributed by atoms with Gasteiger partial charge >= 0.3 is 0 Å². The topological polar surface area (TPSA) is 64.1 Å². The molecule has 0 aliphatic rings. The number of rotatable bonds is 7. The lowest BCUT2D eigenvalue weighted by atomic mass is 10.2. The van der Waals surface area contributed by atoms with Crippen molar-refractivity contribution >= 4 is 34.1 Å². The molecule has 134 valence electrons. The zero-order valence-corrected chi connectivity index (χ0v) is 15.6. The Morgan fingerprint density at radius 2 is 2.04 bits per heavy atom. The van der Waals surface area contributed by atoms with Crippen LogP contribution in [0.5, 0.6) is 5.75 Å². The van der Waals surface area contributed by atoms with Crippen LogP contribution < -0.4 is 10.1 Å². The Hall–Kier alpha value is -2.45. The quantitative estimate of drug-likeness (QED) is 0.472. The van der Waals surface area contributed by atoms with E-state index < -0.39 is 0 Å². The van der Waals surface area contributed by atoms with Crippen LogP contribution in [0.1, 0.15) is 22.8 Å². The van der Waals surface area contributed by atoms with Crippen LogP contribution in [0.15, 0.2) is 52.9 Å². The summed E-state index contributed by atoms with van der Waals surface area (Å²) in [7, 11) is 0. The van der Waals surface area contributed by atoms with Crippen molar-refractivity contribution in [3.05, 3.63) is 65.5 Å². The van der Waals surface area contributed by atoms with Gasteiger partial charge in [-0.25, -0.2) is 4.39 Å². The van der Waals surface area contributed by atoms with Gasteiger partial charge in [0, 0.05) is 11.3 Å². The molecular weight excluding hydrogens is 373 g/mol. The van der Waals surface area contributed by atoms with Crippen molar-refractivity contribution in [2.45, 2.75) is 17.0 Å². The molecule has 2 aromatic carbocycles. The van der Waals surface area contributed by atoms with Crippen molar-refractivity contribution in [1.82, 2.24) is 10.2 Å². The van der Waals surface area contributed by atoms with E-state index in [4.69, 9.17) is 4.74 Å². The van der Waals surface area contributed by atoms with Crippen LogP contribution in [0.25, 0.3) is 0 Å². The van der Waals surface area contributed by atoms with Crippen molar-refractivity contribution in [2.24, 2.45) is 0 Å². The minimum Gasteiger partial charge on any atom is -0.494 e. The lowest BCUT2D eigenvalue weighted by molar-refractivity contribution is 0.102. The van der Waals surface area contributed by atoms with Crippen LogP contribution >= 0.6 is 23.1 Å². The Kier molecular flexibility index (Phi) is 6.19. The predicted octanol–water partition coefficient (Wildman–Crippen LogP) is 4.62. The molecule has 0 aliphatic heterocycles. The minimum atomic E-state index is -0.266. The van der Waals surface area contributed by atoms with Crippen molar-refractivity contribution in [2.75, 3.05) is 11.9 Å². The molecule has 0 aliphatic carbocycles. The van der Waals surface area contributed by atoms with E-state index in [9.17, 15) is 9.18 Å². The highest BCUT2D eigenvalue weighted by molar-refractivity contribution is 8.00. The minimum absolute atomic E-state index is 0.256. The van der Waals surface area contributed by atoms with E-state index in [1.807, 2.05) is 6.92 Å². The Morgan fingerprint density at radius 1 is 1.23 bits per heavy atom. The smallest absolute Gasteiger partial charge is 0.257 e. The third-order valence-corrected chi connectivity index (χ3v) is 5.35. The number of nitrogens with one attached hydrogen (secondary N) is 1. The predicted molar refractivity (Wildman–Crippen MR) is 101 cm³/mol. The van der Waals surface area contributed by atoms with Crippen molar-refractivity contribution < 1.29 is 13.9 Å². The average Bonchev–Trinajstić information content (AvgIpc) is 3.09. The number of aromatic nitrogens is 2. The highest BCUT2D eigenvalue weighted by Crippen LogP contribution is 2.28. The standard InChI is InChI=1S/C18H16FN3O2S2/c1-2-24-15-5-3-4-13(10-15)16(23)20-17-21-22-18(26-17)25-11-12-6-8-14(19)9-7-12/h3-10H,2,11H2,1H3,(H,20,21,23). The highest BCUT2D eigenvalue weighted by Gasteiger charge is 2.11. The maximum atomic E-state index is 12.9. The maximum absolute atomic E-state index is 12.9. The molecule has 0 radical (unpaired) electrons. The first-order chi connectivity index (χ1) is 12.6.